The summed E-state index contributed by atoms with van der Waals surface area (Å²) < 4.78 is 41.7. The van der Waals surface area contributed by atoms with Crippen LogP contribution in [0, 0.1) is 5.41 Å². The molecule has 2 aliphatic carbocycles. The van der Waals surface area contributed by atoms with Crippen LogP contribution >= 0.6 is 0 Å². The minimum absolute atomic E-state index is 0.00102. The Labute approximate surface area is 105 Å². The molecule has 0 amide bonds. The van der Waals surface area contributed by atoms with E-state index in [0.717, 1.165) is 32.1 Å². The molecule has 6 heteroatoms. The van der Waals surface area contributed by atoms with Crippen LogP contribution in [-0.2, 0) is 9.57 Å². The smallest absolute Gasteiger partial charge is 0.378 e. The highest BCUT2D eigenvalue weighted by Crippen LogP contribution is 2.54. The van der Waals surface area contributed by atoms with Crippen molar-refractivity contribution in [2.75, 3.05) is 13.2 Å². The van der Waals surface area contributed by atoms with Gasteiger partial charge in [0, 0.05) is 18.1 Å². The average Bonchev–Trinajstić information content (AvgIpc) is 2.77. The molecule has 1 spiro atoms. The first-order chi connectivity index (χ1) is 8.48. The highest BCUT2D eigenvalue weighted by atomic mass is 19.4. The van der Waals surface area contributed by atoms with E-state index in [1.165, 1.54) is 0 Å². The lowest BCUT2D eigenvalue weighted by Gasteiger charge is -2.53. The molecular weight excluding hydrogens is 247 g/mol. The summed E-state index contributed by atoms with van der Waals surface area (Å²) in [7, 11) is 0. The van der Waals surface area contributed by atoms with E-state index < -0.39 is 12.8 Å². The van der Waals surface area contributed by atoms with Gasteiger partial charge in [-0.1, -0.05) is 12.8 Å². The molecule has 0 aromatic heterocycles. The third-order valence-corrected chi connectivity index (χ3v) is 4.15. The molecule has 0 radical (unpaired) electrons. The van der Waals surface area contributed by atoms with E-state index in [4.69, 9.17) is 4.74 Å². The molecule has 3 nitrogen and oxygen atoms in total. The van der Waals surface area contributed by atoms with Crippen LogP contribution in [-0.4, -0.2) is 31.5 Å². The Morgan fingerprint density at radius 1 is 1.28 bits per heavy atom. The number of hydrogen-bond donors (Lipinski definition) is 1. The highest BCUT2D eigenvalue weighted by molar-refractivity contribution is 5.09. The Morgan fingerprint density at radius 3 is 2.50 bits per heavy atom. The van der Waals surface area contributed by atoms with Crippen LogP contribution in [0.2, 0.25) is 0 Å². The van der Waals surface area contributed by atoms with E-state index in [1.54, 1.807) is 0 Å². The SMILES string of the molecule is CCOC1CC(NOCC(F)(F)F)C12CCCC2. The van der Waals surface area contributed by atoms with Crippen molar-refractivity contribution in [3.8, 4) is 0 Å². The maximum absolute atomic E-state index is 12.0. The maximum Gasteiger partial charge on any atom is 0.413 e. The van der Waals surface area contributed by atoms with Crippen LogP contribution < -0.4 is 5.48 Å². The number of halogens is 3. The first-order valence-electron chi connectivity index (χ1n) is 6.53. The number of ether oxygens (including phenoxy) is 1. The highest BCUT2D eigenvalue weighted by Gasteiger charge is 2.57. The molecule has 2 atom stereocenters. The normalized spacial score (nSPS) is 30.7. The van der Waals surface area contributed by atoms with Crippen LogP contribution in [0.15, 0.2) is 0 Å². The first-order valence-corrected chi connectivity index (χ1v) is 6.53. The van der Waals surface area contributed by atoms with Gasteiger partial charge in [-0.05, 0) is 26.2 Å². The minimum atomic E-state index is -4.28. The Morgan fingerprint density at radius 2 is 1.94 bits per heavy atom. The third-order valence-electron chi connectivity index (χ3n) is 4.15. The van der Waals surface area contributed by atoms with Crippen LogP contribution in [0.5, 0.6) is 0 Å². The van der Waals surface area contributed by atoms with Gasteiger partial charge in [0.25, 0.3) is 0 Å². The lowest BCUT2D eigenvalue weighted by atomic mass is 9.61. The van der Waals surface area contributed by atoms with Gasteiger partial charge in [0.1, 0.15) is 0 Å². The second-order valence-electron chi connectivity index (χ2n) is 5.19. The minimum Gasteiger partial charge on any atom is -0.378 e. The maximum atomic E-state index is 12.0. The number of rotatable bonds is 5. The summed E-state index contributed by atoms with van der Waals surface area (Å²) in [6.45, 7) is 1.37. The van der Waals surface area contributed by atoms with Crippen LogP contribution in [0.1, 0.15) is 39.0 Å². The van der Waals surface area contributed by atoms with Crippen LogP contribution in [0.3, 0.4) is 0 Å². The predicted molar refractivity (Wildman–Crippen MR) is 59.9 cm³/mol. The van der Waals surface area contributed by atoms with Gasteiger partial charge in [0.2, 0.25) is 0 Å². The topological polar surface area (TPSA) is 30.5 Å². The fraction of sp³-hybridized carbons (Fsp3) is 1.00. The fourth-order valence-electron chi connectivity index (χ4n) is 3.28. The molecule has 2 unspecified atom stereocenters. The summed E-state index contributed by atoms with van der Waals surface area (Å²) in [5.41, 5.74) is 2.60. The zero-order valence-electron chi connectivity index (χ0n) is 10.6. The van der Waals surface area contributed by atoms with Gasteiger partial charge in [-0.15, -0.1) is 0 Å². The Bertz CT molecular complexity index is 277. The lowest BCUT2D eigenvalue weighted by molar-refractivity contribution is -0.218. The van der Waals surface area contributed by atoms with Gasteiger partial charge in [0.15, 0.2) is 6.61 Å². The molecule has 18 heavy (non-hydrogen) atoms. The molecule has 2 saturated carbocycles. The van der Waals surface area contributed by atoms with Gasteiger partial charge in [-0.3, -0.25) is 4.84 Å². The van der Waals surface area contributed by atoms with E-state index in [-0.39, 0.29) is 17.6 Å². The fourth-order valence-corrected chi connectivity index (χ4v) is 3.28. The van der Waals surface area contributed by atoms with Gasteiger partial charge in [0.05, 0.1) is 6.10 Å². The van der Waals surface area contributed by atoms with Gasteiger partial charge in [-0.25, -0.2) is 0 Å². The molecule has 106 valence electrons. The third kappa shape index (κ3) is 2.81. The summed E-state index contributed by atoms with van der Waals surface area (Å²) in [5, 5.41) is 0. The van der Waals surface area contributed by atoms with Crippen molar-refractivity contribution in [1.82, 2.24) is 5.48 Å². The van der Waals surface area contributed by atoms with E-state index in [2.05, 4.69) is 10.3 Å². The zero-order valence-corrected chi connectivity index (χ0v) is 10.6. The lowest BCUT2D eigenvalue weighted by Crippen LogP contribution is -2.62. The van der Waals surface area contributed by atoms with E-state index in [0.29, 0.717) is 6.61 Å². The van der Waals surface area contributed by atoms with Crippen molar-refractivity contribution in [1.29, 1.82) is 0 Å². The first kappa shape index (κ1) is 14.1. The molecular formula is C12H20F3NO2. The molecule has 0 aliphatic heterocycles. The second-order valence-corrected chi connectivity index (χ2v) is 5.19. The van der Waals surface area contributed by atoms with Crippen molar-refractivity contribution in [3.63, 3.8) is 0 Å². The van der Waals surface area contributed by atoms with Gasteiger partial charge < -0.3 is 4.74 Å². The standard InChI is InChI=1S/C12H20F3NO2/c1-2-17-10-7-9(11(10)5-3-4-6-11)16-18-8-12(13,14)15/h9-10,16H,2-8H2,1H3. The van der Waals surface area contributed by atoms with Gasteiger partial charge >= 0.3 is 6.18 Å². The van der Waals surface area contributed by atoms with E-state index >= 15 is 0 Å². The molecule has 0 aromatic rings. The molecule has 0 heterocycles. The number of nitrogens with one attached hydrogen (secondary N) is 1. The molecule has 1 N–H and O–H groups in total. The second kappa shape index (κ2) is 5.35. The average molecular weight is 267 g/mol. The largest absolute Gasteiger partial charge is 0.413 e. The van der Waals surface area contributed by atoms with E-state index in [9.17, 15) is 13.2 Å². The van der Waals surface area contributed by atoms with Crippen LogP contribution in [0.25, 0.3) is 0 Å². The molecule has 2 fully saturated rings. The Balaban J connectivity index is 1.83. The summed E-state index contributed by atoms with van der Waals surface area (Å²) in [5.74, 6) is 0. The zero-order chi connectivity index (χ0) is 13.2. The molecule has 2 rings (SSSR count). The van der Waals surface area contributed by atoms with Crippen molar-refractivity contribution in [2.45, 2.75) is 57.3 Å². The summed E-state index contributed by atoms with van der Waals surface area (Å²) in [6.07, 6.45) is 0.930. The van der Waals surface area contributed by atoms with Gasteiger partial charge in [-0.2, -0.15) is 18.7 Å². The molecule has 0 saturated heterocycles. The summed E-state index contributed by atoms with van der Waals surface area (Å²) >= 11 is 0. The molecule has 2 aliphatic rings. The molecule has 0 aromatic carbocycles. The van der Waals surface area contributed by atoms with Crippen LogP contribution in [0.4, 0.5) is 13.2 Å². The number of alkyl halides is 3. The molecule has 0 bridgehead atoms. The Kier molecular flexibility index (Phi) is 4.18. The Hall–Kier alpha value is -0.330. The predicted octanol–water partition coefficient (Wildman–Crippen LogP) is 2.81. The quantitative estimate of drug-likeness (QED) is 0.777. The number of hydrogen-bond acceptors (Lipinski definition) is 3. The van der Waals surface area contributed by atoms with Crippen molar-refractivity contribution < 1.29 is 22.7 Å². The van der Waals surface area contributed by atoms with E-state index in [1.807, 2.05) is 6.92 Å². The van der Waals surface area contributed by atoms with Crippen molar-refractivity contribution >= 4 is 0 Å². The monoisotopic (exact) mass is 267 g/mol. The van der Waals surface area contributed by atoms with Crippen molar-refractivity contribution in [3.05, 3.63) is 0 Å². The summed E-state index contributed by atoms with van der Waals surface area (Å²) in [6, 6.07) is -0.00102. The summed E-state index contributed by atoms with van der Waals surface area (Å²) in [4.78, 5) is 4.58. The number of hydroxylamine groups is 1. The van der Waals surface area contributed by atoms with Crippen molar-refractivity contribution in [2.24, 2.45) is 5.41 Å².